The number of phenolic OH excluding ortho intramolecular Hbond substituents is 2. The lowest BCUT2D eigenvalue weighted by atomic mass is 9.91. The fraction of sp³-hybridized carbons (Fsp3) is 0.351. The van der Waals surface area contributed by atoms with E-state index in [2.05, 4.69) is 31.2 Å². The second-order valence-electron chi connectivity index (χ2n) is 13.4. The van der Waals surface area contributed by atoms with Crippen molar-refractivity contribution in [1.29, 1.82) is 0 Å². The Morgan fingerprint density at radius 1 is 0.907 bits per heavy atom. The van der Waals surface area contributed by atoms with Gasteiger partial charge in [0.1, 0.15) is 23.7 Å². The van der Waals surface area contributed by atoms with E-state index in [-0.39, 0.29) is 60.6 Å². The average Bonchev–Trinajstić information content (AvgIpc) is 3.88. The zero-order valence-corrected chi connectivity index (χ0v) is 30.2. The number of aromatic hydroxyl groups is 2. The van der Waals surface area contributed by atoms with Crippen LogP contribution < -0.4 is 26.2 Å². The van der Waals surface area contributed by atoms with E-state index in [0.717, 1.165) is 11.1 Å². The molecule has 2 fully saturated rings. The largest absolute Gasteiger partial charge is 0.508 e. The Labute approximate surface area is 317 Å². The topological polar surface area (TPSA) is 223 Å². The van der Waals surface area contributed by atoms with Crippen LogP contribution in [0.3, 0.4) is 0 Å². The summed E-state index contributed by atoms with van der Waals surface area (Å²) in [5.41, 5.74) is 3.32. The number of pyridine rings is 1. The third kappa shape index (κ3) is 8.25. The van der Waals surface area contributed by atoms with Gasteiger partial charge in [0.2, 0.25) is 11.9 Å². The quantitative estimate of drug-likeness (QED) is 0.0973. The van der Waals surface area contributed by atoms with Crippen molar-refractivity contribution in [1.82, 2.24) is 35.1 Å². The van der Waals surface area contributed by atoms with E-state index in [4.69, 9.17) is 9.97 Å². The molecule has 0 bridgehead atoms. The fourth-order valence-electron chi connectivity index (χ4n) is 7.04. The van der Waals surface area contributed by atoms with E-state index < -0.39 is 24.3 Å². The molecular formula is C37H43ClN10O6. The summed E-state index contributed by atoms with van der Waals surface area (Å²) in [4.78, 5) is 45.5. The molecule has 7 rings (SSSR count). The zero-order valence-electron chi connectivity index (χ0n) is 29.4. The number of halogens is 1. The van der Waals surface area contributed by atoms with E-state index in [1.807, 2.05) is 29.2 Å². The number of urea groups is 1. The molecule has 54 heavy (non-hydrogen) atoms. The first-order valence-electron chi connectivity index (χ1n) is 17.6. The molecule has 1 aliphatic carbocycles. The van der Waals surface area contributed by atoms with Gasteiger partial charge in [-0.1, -0.05) is 31.2 Å². The van der Waals surface area contributed by atoms with Crippen molar-refractivity contribution in [3.05, 3.63) is 90.5 Å². The molecule has 0 radical (unpaired) electrons. The molecule has 5 atom stereocenters. The first-order valence-corrected chi connectivity index (χ1v) is 17.6. The number of fused-ring (bicyclic) bond motifs is 1. The first-order chi connectivity index (χ1) is 25.7. The molecule has 1 saturated carbocycles. The van der Waals surface area contributed by atoms with Gasteiger partial charge in [-0.2, -0.15) is 9.97 Å². The van der Waals surface area contributed by atoms with Crippen LogP contribution in [0, 0.1) is 0 Å². The molecule has 2 aliphatic rings. The normalized spacial score (nSPS) is 20.8. The van der Waals surface area contributed by atoms with Crippen molar-refractivity contribution in [3.8, 4) is 11.5 Å². The number of anilines is 3. The maximum atomic E-state index is 12.8. The molecule has 3 aromatic heterocycles. The van der Waals surface area contributed by atoms with Gasteiger partial charge in [-0.3, -0.25) is 9.78 Å². The Morgan fingerprint density at radius 3 is 2.22 bits per heavy atom. The average molecular weight is 759 g/mol. The SMILES string of the molecule is CCC(=O)N[C@H]1C[C@@H](n2cnc3c(NCC(c4ccc(O)cc4)c4ccc(O)cc4)nc(N4CC[C@@H](NC(=O)Nc5ccncc5)C4)nc32)[C@H](O)[C@@H]1O.Cl. The van der Waals surface area contributed by atoms with E-state index >= 15 is 0 Å². The highest BCUT2D eigenvalue weighted by molar-refractivity contribution is 5.89. The van der Waals surface area contributed by atoms with Crippen LogP contribution in [-0.4, -0.2) is 101 Å². The number of nitrogens with one attached hydrogen (secondary N) is 4. The third-order valence-corrected chi connectivity index (χ3v) is 9.90. The highest BCUT2D eigenvalue weighted by Gasteiger charge is 2.44. The predicted molar refractivity (Wildman–Crippen MR) is 204 cm³/mol. The van der Waals surface area contributed by atoms with Crippen LogP contribution in [-0.2, 0) is 4.79 Å². The lowest BCUT2D eigenvalue weighted by Crippen LogP contribution is -2.42. The van der Waals surface area contributed by atoms with Crippen LogP contribution in [0.4, 0.5) is 22.2 Å². The van der Waals surface area contributed by atoms with Crippen molar-refractivity contribution in [2.24, 2.45) is 0 Å². The smallest absolute Gasteiger partial charge is 0.319 e. The number of hydrogen-bond acceptors (Lipinski definition) is 12. The number of aromatic nitrogens is 5. The summed E-state index contributed by atoms with van der Waals surface area (Å²) in [5.74, 6) is 0.653. The summed E-state index contributed by atoms with van der Waals surface area (Å²) < 4.78 is 1.73. The minimum Gasteiger partial charge on any atom is -0.508 e. The first kappa shape index (κ1) is 38.0. The summed E-state index contributed by atoms with van der Waals surface area (Å²) >= 11 is 0. The summed E-state index contributed by atoms with van der Waals surface area (Å²) in [6.45, 7) is 3.06. The molecule has 16 nitrogen and oxygen atoms in total. The number of hydrogen-bond donors (Lipinski definition) is 8. The van der Waals surface area contributed by atoms with Gasteiger partial charge in [0.05, 0.1) is 18.4 Å². The summed E-state index contributed by atoms with van der Waals surface area (Å²) in [6, 6.07) is 15.4. The van der Waals surface area contributed by atoms with Crippen molar-refractivity contribution in [2.75, 3.05) is 35.2 Å². The second kappa shape index (κ2) is 16.5. The summed E-state index contributed by atoms with van der Waals surface area (Å²) in [6.07, 6.45) is 3.52. The van der Waals surface area contributed by atoms with Gasteiger partial charge in [-0.25, -0.2) is 9.78 Å². The minimum absolute atomic E-state index is 0. The molecule has 1 aliphatic heterocycles. The maximum Gasteiger partial charge on any atom is 0.319 e. The number of aliphatic hydroxyl groups is 2. The number of phenols is 2. The predicted octanol–water partition coefficient (Wildman–Crippen LogP) is 3.26. The van der Waals surface area contributed by atoms with Crippen LogP contribution >= 0.6 is 12.4 Å². The Balaban J connectivity index is 0.00000497. The van der Waals surface area contributed by atoms with Crippen molar-refractivity contribution in [2.45, 2.75) is 62.4 Å². The van der Waals surface area contributed by atoms with Crippen LogP contribution in [0.15, 0.2) is 79.4 Å². The van der Waals surface area contributed by atoms with Gasteiger partial charge >= 0.3 is 6.03 Å². The molecular weight excluding hydrogens is 716 g/mol. The van der Waals surface area contributed by atoms with Crippen LogP contribution in [0.2, 0.25) is 0 Å². The number of carbonyl (C=O) groups excluding carboxylic acids is 2. The van der Waals surface area contributed by atoms with Crippen molar-refractivity contribution in [3.63, 3.8) is 0 Å². The Bertz CT molecular complexity index is 2010. The summed E-state index contributed by atoms with van der Waals surface area (Å²) in [5, 5.41) is 54.2. The molecule has 0 spiro atoms. The number of aliphatic hydroxyl groups excluding tert-OH is 2. The number of amides is 3. The molecule has 8 N–H and O–H groups in total. The third-order valence-electron chi connectivity index (χ3n) is 9.90. The fourth-order valence-corrected chi connectivity index (χ4v) is 7.04. The van der Waals surface area contributed by atoms with E-state index in [0.29, 0.717) is 54.7 Å². The number of nitrogens with zero attached hydrogens (tertiary/aromatic N) is 6. The van der Waals surface area contributed by atoms with E-state index in [9.17, 15) is 30.0 Å². The molecule has 284 valence electrons. The van der Waals surface area contributed by atoms with Crippen LogP contribution in [0.5, 0.6) is 11.5 Å². The van der Waals surface area contributed by atoms with Crippen LogP contribution in [0.25, 0.3) is 11.2 Å². The standard InChI is InChI=1S/C37H42N10O6.ClH/c1-2-30(50)43-28-17-29(33(52)32(28)51)47-20-40-31-34(39-18-27(21-3-7-25(48)8-4-21)22-5-9-26(49)10-6-22)44-36(45-35(31)47)46-16-13-24(19-46)42-37(53)41-23-11-14-38-15-12-23;/h3-12,14-15,20,24,27-29,32-33,48-49,51-52H,2,13,16-19H2,1H3,(H,43,50)(H,39,44,45)(H2,38,41,42,53);1H/t24-,28+,29-,32-,33+;/m1./s1. The molecule has 1 saturated heterocycles. The van der Waals surface area contributed by atoms with E-state index in [1.165, 1.54) is 0 Å². The minimum atomic E-state index is -1.20. The van der Waals surface area contributed by atoms with Gasteiger partial charge in [0, 0.05) is 56.1 Å². The number of benzene rings is 2. The molecule has 17 heteroatoms. The zero-order chi connectivity index (χ0) is 37.1. The molecule has 2 aromatic carbocycles. The lowest BCUT2D eigenvalue weighted by molar-refractivity contribution is -0.122. The number of carbonyl (C=O) groups is 2. The van der Waals surface area contributed by atoms with Crippen molar-refractivity contribution >= 4 is 53.0 Å². The van der Waals surface area contributed by atoms with Crippen molar-refractivity contribution < 1.29 is 30.0 Å². The maximum absolute atomic E-state index is 12.8. The second-order valence-corrected chi connectivity index (χ2v) is 13.4. The van der Waals surface area contributed by atoms with Gasteiger partial charge in [0.15, 0.2) is 17.0 Å². The van der Waals surface area contributed by atoms with Gasteiger partial charge in [-0.15, -0.1) is 12.4 Å². The highest BCUT2D eigenvalue weighted by Crippen LogP contribution is 2.36. The number of rotatable bonds is 11. The lowest BCUT2D eigenvalue weighted by Gasteiger charge is -2.22. The Morgan fingerprint density at radius 2 is 1.57 bits per heavy atom. The monoisotopic (exact) mass is 758 g/mol. The number of imidazole rings is 1. The van der Waals surface area contributed by atoms with Gasteiger partial charge in [0.25, 0.3) is 0 Å². The highest BCUT2D eigenvalue weighted by atomic mass is 35.5. The van der Waals surface area contributed by atoms with Crippen LogP contribution in [0.1, 0.15) is 49.3 Å². The molecule has 0 unspecified atom stereocenters. The Kier molecular flexibility index (Phi) is 11.6. The van der Waals surface area contributed by atoms with Gasteiger partial charge < -0.3 is 51.2 Å². The van der Waals surface area contributed by atoms with Gasteiger partial charge in [-0.05, 0) is 60.4 Å². The molecule has 4 heterocycles. The van der Waals surface area contributed by atoms with E-state index in [1.54, 1.807) is 66.6 Å². The molecule has 3 amide bonds. The summed E-state index contributed by atoms with van der Waals surface area (Å²) in [7, 11) is 0. The molecule has 5 aromatic rings. The Hall–Kier alpha value is -5.71.